The highest BCUT2D eigenvalue weighted by Gasteiger charge is 2.12. The Labute approximate surface area is 106 Å². The highest BCUT2D eigenvalue weighted by molar-refractivity contribution is 5.23. The van der Waals surface area contributed by atoms with Crippen LogP contribution in [0, 0.1) is 17.6 Å². The van der Waals surface area contributed by atoms with E-state index in [0.29, 0.717) is 6.61 Å². The minimum absolute atomic E-state index is 0.276. The van der Waals surface area contributed by atoms with E-state index in [4.69, 9.17) is 4.74 Å². The van der Waals surface area contributed by atoms with Crippen molar-refractivity contribution in [3.8, 4) is 5.75 Å². The molecule has 0 amide bonds. The minimum Gasteiger partial charge on any atom is -0.493 e. The smallest absolute Gasteiger partial charge is 0.129 e. The Bertz CT molecular complexity index is 358. The van der Waals surface area contributed by atoms with Crippen LogP contribution in [0.3, 0.4) is 0 Å². The summed E-state index contributed by atoms with van der Waals surface area (Å²) < 4.78 is 31.2. The zero-order chi connectivity index (χ0) is 12.8. The first-order valence-electron chi connectivity index (χ1n) is 6.53. The lowest BCUT2D eigenvalue weighted by molar-refractivity contribution is 0.272. The Morgan fingerprint density at radius 1 is 1.11 bits per heavy atom. The second-order valence-corrected chi connectivity index (χ2v) is 4.79. The Balaban J connectivity index is 1.68. The fraction of sp³-hybridized carbons (Fsp3) is 0.571. The van der Waals surface area contributed by atoms with Crippen LogP contribution >= 0.6 is 0 Å². The molecule has 0 radical (unpaired) electrons. The van der Waals surface area contributed by atoms with Gasteiger partial charge in [-0.1, -0.05) is 0 Å². The average Bonchev–Trinajstić information content (AvgIpc) is 2.35. The molecule has 100 valence electrons. The molecule has 1 heterocycles. The van der Waals surface area contributed by atoms with Crippen LogP contribution in [-0.2, 0) is 0 Å². The minimum atomic E-state index is -0.594. The van der Waals surface area contributed by atoms with Gasteiger partial charge in [-0.2, -0.15) is 0 Å². The highest BCUT2D eigenvalue weighted by Crippen LogP contribution is 2.19. The molecule has 0 aromatic heterocycles. The Morgan fingerprint density at radius 2 is 1.78 bits per heavy atom. The first-order chi connectivity index (χ1) is 8.74. The predicted octanol–water partition coefficient (Wildman–Crippen LogP) is 3.12. The van der Waals surface area contributed by atoms with Gasteiger partial charge in [0.2, 0.25) is 0 Å². The quantitative estimate of drug-likeness (QED) is 0.816. The van der Waals surface area contributed by atoms with Crippen molar-refractivity contribution in [2.24, 2.45) is 5.92 Å². The molecule has 0 unspecified atom stereocenters. The van der Waals surface area contributed by atoms with Crippen molar-refractivity contribution in [2.75, 3.05) is 19.7 Å². The van der Waals surface area contributed by atoms with Gasteiger partial charge < -0.3 is 10.1 Å². The van der Waals surface area contributed by atoms with Crippen LogP contribution in [0.1, 0.15) is 25.7 Å². The molecule has 4 heteroatoms. The van der Waals surface area contributed by atoms with Crippen LogP contribution in [-0.4, -0.2) is 19.7 Å². The molecule has 18 heavy (non-hydrogen) atoms. The average molecular weight is 255 g/mol. The molecular weight excluding hydrogens is 236 g/mol. The Hall–Kier alpha value is -1.16. The van der Waals surface area contributed by atoms with E-state index >= 15 is 0 Å². The SMILES string of the molecule is Fc1cc(F)cc(OCCCC2CCNCC2)c1. The first kappa shape index (κ1) is 13.3. The summed E-state index contributed by atoms with van der Waals surface area (Å²) in [7, 11) is 0. The zero-order valence-corrected chi connectivity index (χ0v) is 10.4. The molecule has 2 nitrogen and oxygen atoms in total. The summed E-state index contributed by atoms with van der Waals surface area (Å²) in [5, 5.41) is 3.33. The second kappa shape index (κ2) is 6.69. The lowest BCUT2D eigenvalue weighted by Crippen LogP contribution is -2.27. The van der Waals surface area contributed by atoms with E-state index in [0.717, 1.165) is 37.9 Å². The highest BCUT2D eigenvalue weighted by atomic mass is 19.1. The van der Waals surface area contributed by atoms with E-state index in [9.17, 15) is 8.78 Å². The molecule has 1 fully saturated rings. The summed E-state index contributed by atoms with van der Waals surface area (Å²) in [5.41, 5.74) is 0. The van der Waals surface area contributed by atoms with Crippen molar-refractivity contribution in [2.45, 2.75) is 25.7 Å². The molecule has 0 bridgehead atoms. The number of rotatable bonds is 5. The third-order valence-electron chi connectivity index (χ3n) is 3.32. The van der Waals surface area contributed by atoms with Gasteiger partial charge in [0.1, 0.15) is 17.4 Å². The normalized spacial score (nSPS) is 16.8. The molecule has 0 spiro atoms. The summed E-state index contributed by atoms with van der Waals surface area (Å²) in [5.74, 6) is -0.149. The van der Waals surface area contributed by atoms with Crippen molar-refractivity contribution in [3.05, 3.63) is 29.8 Å². The van der Waals surface area contributed by atoms with Crippen LogP contribution in [0.5, 0.6) is 5.75 Å². The maximum atomic E-state index is 12.9. The van der Waals surface area contributed by atoms with E-state index in [-0.39, 0.29) is 5.75 Å². The van der Waals surface area contributed by atoms with Crippen molar-refractivity contribution >= 4 is 0 Å². The second-order valence-electron chi connectivity index (χ2n) is 4.79. The summed E-state index contributed by atoms with van der Waals surface area (Å²) in [6.07, 6.45) is 4.49. The maximum absolute atomic E-state index is 12.9. The summed E-state index contributed by atoms with van der Waals surface area (Å²) in [6, 6.07) is 3.28. The van der Waals surface area contributed by atoms with E-state index in [1.807, 2.05) is 0 Å². The molecule has 1 aliphatic rings. The van der Waals surface area contributed by atoms with Crippen LogP contribution < -0.4 is 10.1 Å². The van der Waals surface area contributed by atoms with Crippen LogP contribution in [0.4, 0.5) is 8.78 Å². The van der Waals surface area contributed by atoms with Gasteiger partial charge in [-0.05, 0) is 44.7 Å². The lowest BCUT2D eigenvalue weighted by atomic mass is 9.93. The number of nitrogens with one attached hydrogen (secondary N) is 1. The molecular formula is C14H19F2NO. The van der Waals surface area contributed by atoms with Crippen molar-refractivity contribution in [3.63, 3.8) is 0 Å². The molecule has 0 aliphatic carbocycles. The molecule has 1 aliphatic heterocycles. The molecule has 0 atom stereocenters. The van der Waals surface area contributed by atoms with Gasteiger partial charge in [0.15, 0.2) is 0 Å². The van der Waals surface area contributed by atoms with Gasteiger partial charge in [-0.15, -0.1) is 0 Å². The summed E-state index contributed by atoms with van der Waals surface area (Å²) in [6.45, 7) is 2.72. The van der Waals surface area contributed by atoms with Gasteiger partial charge in [0.05, 0.1) is 6.61 Å². The number of hydrogen-bond donors (Lipinski definition) is 1. The number of halogens is 2. The summed E-state index contributed by atoms with van der Waals surface area (Å²) in [4.78, 5) is 0. The van der Waals surface area contributed by atoms with Gasteiger partial charge >= 0.3 is 0 Å². The van der Waals surface area contributed by atoms with Crippen LogP contribution in [0.2, 0.25) is 0 Å². The number of benzene rings is 1. The Morgan fingerprint density at radius 3 is 2.44 bits per heavy atom. The van der Waals surface area contributed by atoms with Crippen LogP contribution in [0.25, 0.3) is 0 Å². The fourth-order valence-corrected chi connectivity index (χ4v) is 2.34. The molecule has 1 N–H and O–H groups in total. The van der Waals surface area contributed by atoms with Crippen molar-refractivity contribution < 1.29 is 13.5 Å². The number of ether oxygens (including phenoxy) is 1. The van der Waals surface area contributed by atoms with E-state index in [1.165, 1.54) is 25.0 Å². The van der Waals surface area contributed by atoms with E-state index in [2.05, 4.69) is 5.32 Å². The van der Waals surface area contributed by atoms with E-state index in [1.54, 1.807) is 0 Å². The van der Waals surface area contributed by atoms with Gasteiger partial charge in [0.25, 0.3) is 0 Å². The van der Waals surface area contributed by atoms with Crippen molar-refractivity contribution in [1.29, 1.82) is 0 Å². The number of hydrogen-bond acceptors (Lipinski definition) is 2. The third-order valence-corrected chi connectivity index (χ3v) is 3.32. The molecule has 2 rings (SSSR count). The molecule has 1 aromatic carbocycles. The summed E-state index contributed by atoms with van der Waals surface area (Å²) >= 11 is 0. The molecule has 0 saturated carbocycles. The van der Waals surface area contributed by atoms with Gasteiger partial charge in [-0.25, -0.2) is 8.78 Å². The van der Waals surface area contributed by atoms with Gasteiger partial charge in [-0.3, -0.25) is 0 Å². The predicted molar refractivity (Wildman–Crippen MR) is 66.7 cm³/mol. The standard InChI is InChI=1S/C14H19F2NO/c15-12-8-13(16)10-14(9-12)18-7-1-2-11-3-5-17-6-4-11/h8-11,17H,1-7H2. The topological polar surface area (TPSA) is 21.3 Å². The zero-order valence-electron chi connectivity index (χ0n) is 10.4. The Kier molecular flexibility index (Phi) is 4.93. The van der Waals surface area contributed by atoms with Crippen LogP contribution in [0.15, 0.2) is 18.2 Å². The lowest BCUT2D eigenvalue weighted by Gasteiger charge is -2.22. The van der Waals surface area contributed by atoms with Crippen molar-refractivity contribution in [1.82, 2.24) is 5.32 Å². The molecule has 1 saturated heterocycles. The fourth-order valence-electron chi connectivity index (χ4n) is 2.34. The maximum Gasteiger partial charge on any atom is 0.129 e. The number of piperidine rings is 1. The van der Waals surface area contributed by atoms with Gasteiger partial charge in [0, 0.05) is 18.2 Å². The van der Waals surface area contributed by atoms with E-state index < -0.39 is 11.6 Å². The largest absolute Gasteiger partial charge is 0.493 e. The monoisotopic (exact) mass is 255 g/mol. The first-order valence-corrected chi connectivity index (χ1v) is 6.53. The third kappa shape index (κ3) is 4.26. The molecule has 1 aromatic rings.